The number of hydrogen-bond donors (Lipinski definition) is 2. The van der Waals surface area contributed by atoms with Crippen LogP contribution in [0, 0.1) is 5.82 Å². The van der Waals surface area contributed by atoms with Gasteiger partial charge in [0.25, 0.3) is 10.2 Å². The minimum Gasteiger partial charge on any atom is -0.422 e. The number of hydrogen-bond acceptors (Lipinski definition) is 10. The average Bonchev–Trinajstić information content (AvgIpc) is 3.55. The molecule has 3 aromatic carbocycles. The molecule has 0 fully saturated rings. The Morgan fingerprint density at radius 1 is 1.02 bits per heavy atom. The summed E-state index contributed by atoms with van der Waals surface area (Å²) in [5.74, 6) is -1.88. The molecule has 0 aliphatic carbocycles. The van der Waals surface area contributed by atoms with Gasteiger partial charge >= 0.3 is 0 Å². The summed E-state index contributed by atoms with van der Waals surface area (Å²) < 4.78 is 77.9. The van der Waals surface area contributed by atoms with E-state index >= 15 is 0 Å². The Labute approximate surface area is 246 Å². The molecule has 0 aliphatic heterocycles. The Bertz CT molecular complexity index is 1910. The Morgan fingerprint density at radius 3 is 2.43 bits per heavy atom. The number of nitrogens with zero attached hydrogens (tertiary/aromatic N) is 3. The zero-order valence-electron chi connectivity index (χ0n) is 21.5. The monoisotopic (exact) mass is 633 g/mol. The number of methoxy groups -OCH3 is 1. The molecule has 222 valence electrons. The standard InChI is InChI=1S/C26H24FN5O6S3.CH4/c1-37-14-16-6-8-17(9-7-16)18-10-11-21-22(12-18)39-26(30-21)24(25-32-31-23(38-25)13-29-41(28,35)36)40(33,34)15-19-4-2-3-5-20(19)27;/h2-12,24,29H,13-15H2,1H3,(H2,28,35,36);1H4. The average molecular weight is 634 g/mol. The van der Waals surface area contributed by atoms with E-state index < -0.39 is 43.4 Å². The molecular weight excluding hydrogens is 606 g/mol. The molecule has 2 heterocycles. The van der Waals surface area contributed by atoms with Gasteiger partial charge in [-0.1, -0.05) is 56.0 Å². The van der Waals surface area contributed by atoms with Crippen molar-refractivity contribution in [2.45, 2.75) is 31.6 Å². The molecule has 0 saturated carbocycles. The molecule has 15 heteroatoms. The predicted molar refractivity (Wildman–Crippen MR) is 158 cm³/mol. The van der Waals surface area contributed by atoms with Crippen molar-refractivity contribution in [1.82, 2.24) is 19.9 Å². The lowest BCUT2D eigenvalue weighted by Gasteiger charge is -2.12. The van der Waals surface area contributed by atoms with Gasteiger partial charge in [-0.2, -0.15) is 13.1 Å². The number of sulfone groups is 1. The summed E-state index contributed by atoms with van der Waals surface area (Å²) in [6.07, 6.45) is 0. The molecular formula is C27H28FN5O6S3. The fraction of sp³-hybridized carbons (Fsp3) is 0.222. The first-order valence-electron chi connectivity index (χ1n) is 12.1. The van der Waals surface area contributed by atoms with Crippen LogP contribution in [0.3, 0.4) is 0 Å². The maximum Gasteiger partial charge on any atom is 0.274 e. The molecule has 0 aliphatic rings. The van der Waals surface area contributed by atoms with Gasteiger partial charge in [-0.3, -0.25) is 0 Å². The summed E-state index contributed by atoms with van der Waals surface area (Å²) in [6, 6.07) is 19.0. The van der Waals surface area contributed by atoms with Crippen molar-refractivity contribution >= 4 is 41.6 Å². The number of benzene rings is 3. The maximum atomic E-state index is 14.4. The highest BCUT2D eigenvalue weighted by atomic mass is 32.2. The van der Waals surface area contributed by atoms with E-state index in [0.717, 1.165) is 28.0 Å². The second-order valence-corrected chi connectivity index (χ2v) is 13.6. The number of thiazole rings is 1. The first kappa shape index (κ1) is 31.3. The van der Waals surface area contributed by atoms with Crippen molar-refractivity contribution in [3.8, 4) is 11.1 Å². The first-order valence-corrected chi connectivity index (χ1v) is 16.1. The van der Waals surface area contributed by atoms with Crippen molar-refractivity contribution < 1.29 is 30.4 Å². The molecule has 1 atom stereocenters. The zero-order chi connectivity index (χ0) is 29.2. The lowest BCUT2D eigenvalue weighted by atomic mass is 10.0. The number of aromatic nitrogens is 3. The Kier molecular flexibility index (Phi) is 9.50. The van der Waals surface area contributed by atoms with Crippen molar-refractivity contribution in [2.24, 2.45) is 5.14 Å². The van der Waals surface area contributed by atoms with Crippen LogP contribution in [0.2, 0.25) is 0 Å². The summed E-state index contributed by atoms with van der Waals surface area (Å²) in [4.78, 5) is 4.56. The van der Waals surface area contributed by atoms with Gasteiger partial charge < -0.3 is 9.15 Å². The van der Waals surface area contributed by atoms with E-state index in [-0.39, 0.29) is 29.8 Å². The summed E-state index contributed by atoms with van der Waals surface area (Å²) in [7, 11) is -6.65. The minimum absolute atomic E-state index is 0. The van der Waals surface area contributed by atoms with Gasteiger partial charge in [0.05, 0.1) is 29.1 Å². The molecule has 0 bridgehead atoms. The first-order chi connectivity index (χ1) is 19.5. The van der Waals surface area contributed by atoms with Crippen LogP contribution in [0.15, 0.2) is 71.1 Å². The third-order valence-corrected chi connectivity index (χ3v) is 9.67. The van der Waals surface area contributed by atoms with Crippen molar-refractivity contribution in [2.75, 3.05) is 7.11 Å². The molecule has 11 nitrogen and oxygen atoms in total. The minimum atomic E-state index is -4.22. The van der Waals surface area contributed by atoms with Crippen molar-refractivity contribution in [3.05, 3.63) is 100 Å². The molecule has 0 radical (unpaired) electrons. The number of fused-ring (bicyclic) bond motifs is 1. The van der Waals surface area contributed by atoms with Crippen LogP contribution in [0.25, 0.3) is 21.3 Å². The van der Waals surface area contributed by atoms with E-state index in [4.69, 9.17) is 14.3 Å². The molecule has 3 N–H and O–H groups in total. The molecule has 1 unspecified atom stereocenters. The molecule has 0 saturated heterocycles. The van der Waals surface area contributed by atoms with Gasteiger partial charge in [0.1, 0.15) is 10.8 Å². The second-order valence-electron chi connectivity index (χ2n) is 9.04. The van der Waals surface area contributed by atoms with Crippen LogP contribution in [0.1, 0.15) is 40.6 Å². The number of ether oxygens (including phenoxy) is 1. The van der Waals surface area contributed by atoms with E-state index in [1.54, 1.807) is 13.2 Å². The zero-order valence-corrected chi connectivity index (χ0v) is 24.0. The molecule has 2 aromatic heterocycles. The largest absolute Gasteiger partial charge is 0.422 e. The summed E-state index contributed by atoms with van der Waals surface area (Å²) >= 11 is 1.13. The summed E-state index contributed by atoms with van der Waals surface area (Å²) in [6.45, 7) is 0.0496. The fourth-order valence-electron chi connectivity index (χ4n) is 4.13. The highest BCUT2D eigenvalue weighted by Gasteiger charge is 2.37. The fourth-order valence-corrected chi connectivity index (χ4v) is 7.62. The number of nitrogens with two attached hydrogens (primary N) is 1. The highest BCUT2D eigenvalue weighted by Crippen LogP contribution is 2.38. The maximum absolute atomic E-state index is 14.4. The molecule has 5 aromatic rings. The van der Waals surface area contributed by atoms with Gasteiger partial charge in [-0.15, -0.1) is 21.5 Å². The van der Waals surface area contributed by atoms with Crippen LogP contribution < -0.4 is 9.86 Å². The number of nitrogens with one attached hydrogen (secondary N) is 1. The lowest BCUT2D eigenvalue weighted by molar-refractivity contribution is 0.185. The molecule has 0 amide bonds. The van der Waals surface area contributed by atoms with Crippen LogP contribution in [-0.4, -0.2) is 39.1 Å². The molecule has 0 spiro atoms. The summed E-state index contributed by atoms with van der Waals surface area (Å²) in [5.41, 5.74) is 3.39. The predicted octanol–water partition coefficient (Wildman–Crippen LogP) is 4.27. The van der Waals surface area contributed by atoms with E-state index in [0.29, 0.717) is 16.8 Å². The number of halogens is 1. The van der Waals surface area contributed by atoms with Gasteiger partial charge in [-0.05, 0) is 34.9 Å². The second kappa shape index (κ2) is 12.7. The van der Waals surface area contributed by atoms with Crippen LogP contribution in [0.5, 0.6) is 0 Å². The SMILES string of the molecule is C.COCc1ccc(-c2ccc3nc(C(c4nnc(CNS(N)(=O)=O)o4)S(=O)(=O)Cc4ccccc4F)sc3c2)cc1. The Balaban J connectivity index is 0.00000405. The third kappa shape index (κ3) is 7.24. The van der Waals surface area contributed by atoms with Gasteiger partial charge in [0.15, 0.2) is 15.1 Å². The van der Waals surface area contributed by atoms with Crippen molar-refractivity contribution in [3.63, 3.8) is 0 Å². The third-order valence-electron chi connectivity index (χ3n) is 6.03. The quantitative estimate of drug-likeness (QED) is 0.216. The van der Waals surface area contributed by atoms with Crippen LogP contribution in [0.4, 0.5) is 4.39 Å². The topological polar surface area (TPSA) is 167 Å². The van der Waals surface area contributed by atoms with Gasteiger partial charge in [-0.25, -0.2) is 22.9 Å². The normalized spacial score (nSPS) is 12.7. The van der Waals surface area contributed by atoms with Gasteiger partial charge in [0, 0.05) is 12.7 Å². The van der Waals surface area contributed by atoms with Crippen LogP contribution >= 0.6 is 11.3 Å². The smallest absolute Gasteiger partial charge is 0.274 e. The van der Waals surface area contributed by atoms with Crippen LogP contribution in [-0.2, 0) is 43.7 Å². The van der Waals surface area contributed by atoms with E-state index in [2.05, 4.69) is 15.2 Å². The van der Waals surface area contributed by atoms with E-state index in [9.17, 15) is 21.2 Å². The van der Waals surface area contributed by atoms with Crippen molar-refractivity contribution in [1.29, 1.82) is 0 Å². The number of rotatable bonds is 11. The molecule has 5 rings (SSSR count). The Morgan fingerprint density at radius 2 is 1.74 bits per heavy atom. The lowest BCUT2D eigenvalue weighted by Crippen LogP contribution is -2.30. The summed E-state index contributed by atoms with van der Waals surface area (Å²) in [5, 5.41) is 11.2. The molecule has 42 heavy (non-hydrogen) atoms. The highest BCUT2D eigenvalue weighted by molar-refractivity contribution is 7.91. The Hall–Kier alpha value is -3.60. The van der Waals surface area contributed by atoms with E-state index in [1.807, 2.05) is 41.1 Å². The van der Waals surface area contributed by atoms with Gasteiger partial charge in [0.2, 0.25) is 11.8 Å². The van der Waals surface area contributed by atoms with E-state index in [1.165, 1.54) is 24.3 Å².